The molecule has 0 saturated carbocycles. The van der Waals surface area contributed by atoms with Crippen LogP contribution in [0.4, 0.5) is 0 Å². The summed E-state index contributed by atoms with van der Waals surface area (Å²) in [6, 6.07) is 0. The molecule has 0 bridgehead atoms. The number of aromatic nitrogens is 1. The Kier molecular flexibility index (Phi) is 6.57. The van der Waals surface area contributed by atoms with Crippen LogP contribution in [0.15, 0.2) is 10.4 Å². The lowest BCUT2D eigenvalue weighted by Crippen LogP contribution is -2.39. The van der Waals surface area contributed by atoms with Crippen LogP contribution in [0.5, 0.6) is 0 Å². The topological polar surface area (TPSA) is 58.5 Å². The average molecular weight is 256 g/mol. The molecule has 1 aromatic rings. The number of thiazole rings is 1. The summed E-state index contributed by atoms with van der Waals surface area (Å²) in [5.74, 6) is 0.800. The van der Waals surface area contributed by atoms with Gasteiger partial charge in [-0.15, -0.1) is 11.3 Å². The third kappa shape index (κ3) is 5.65. The summed E-state index contributed by atoms with van der Waals surface area (Å²) in [6.07, 6.45) is 0.912. The van der Waals surface area contributed by atoms with Gasteiger partial charge < -0.3 is 15.4 Å². The summed E-state index contributed by atoms with van der Waals surface area (Å²) in [6.45, 7) is 4.28. The normalized spacial score (nSPS) is 11.6. The second-order valence-corrected chi connectivity index (χ2v) is 4.59. The second kappa shape index (κ2) is 8.03. The monoisotopic (exact) mass is 256 g/mol. The molecule has 0 amide bonds. The zero-order valence-corrected chi connectivity index (χ0v) is 11.4. The summed E-state index contributed by atoms with van der Waals surface area (Å²) in [7, 11) is 3.44. The van der Waals surface area contributed by atoms with Crippen molar-refractivity contribution in [2.75, 3.05) is 33.9 Å². The van der Waals surface area contributed by atoms with Gasteiger partial charge in [-0.05, 0) is 6.92 Å². The van der Waals surface area contributed by atoms with E-state index in [9.17, 15) is 0 Å². The van der Waals surface area contributed by atoms with Crippen molar-refractivity contribution in [2.24, 2.45) is 4.99 Å². The van der Waals surface area contributed by atoms with Crippen LogP contribution < -0.4 is 10.6 Å². The van der Waals surface area contributed by atoms with Gasteiger partial charge in [-0.1, -0.05) is 0 Å². The maximum Gasteiger partial charge on any atom is 0.191 e. The smallest absolute Gasteiger partial charge is 0.191 e. The highest BCUT2D eigenvalue weighted by atomic mass is 32.1. The highest BCUT2D eigenvalue weighted by Gasteiger charge is 1.99. The number of aryl methyl sites for hydroxylation is 1. The van der Waals surface area contributed by atoms with E-state index < -0.39 is 0 Å². The van der Waals surface area contributed by atoms with Crippen LogP contribution in [0.1, 0.15) is 10.7 Å². The third-order valence-electron chi connectivity index (χ3n) is 2.16. The summed E-state index contributed by atoms with van der Waals surface area (Å²) in [4.78, 5) is 8.52. The largest absolute Gasteiger partial charge is 0.383 e. The summed E-state index contributed by atoms with van der Waals surface area (Å²) >= 11 is 1.68. The van der Waals surface area contributed by atoms with Crippen LogP contribution in [0, 0.1) is 6.92 Å². The van der Waals surface area contributed by atoms with E-state index in [0.717, 1.165) is 36.2 Å². The quantitative estimate of drug-likeness (QED) is 0.449. The molecule has 0 radical (unpaired) electrons. The Morgan fingerprint density at radius 2 is 2.24 bits per heavy atom. The maximum absolute atomic E-state index is 4.96. The zero-order valence-electron chi connectivity index (χ0n) is 10.6. The van der Waals surface area contributed by atoms with Crippen molar-refractivity contribution < 1.29 is 4.74 Å². The number of hydrogen-bond acceptors (Lipinski definition) is 4. The Morgan fingerprint density at radius 3 is 2.82 bits per heavy atom. The molecule has 2 N–H and O–H groups in total. The van der Waals surface area contributed by atoms with Crippen molar-refractivity contribution >= 4 is 17.3 Å². The van der Waals surface area contributed by atoms with Crippen LogP contribution in [-0.4, -0.2) is 44.8 Å². The van der Waals surface area contributed by atoms with Gasteiger partial charge in [-0.2, -0.15) is 0 Å². The first-order valence-electron chi connectivity index (χ1n) is 5.60. The van der Waals surface area contributed by atoms with Gasteiger partial charge in [0.25, 0.3) is 0 Å². The Balaban J connectivity index is 2.19. The standard InChI is InChI=1S/C11H20N4OS/c1-9-15-10(8-17-9)4-5-13-11(12-2)14-6-7-16-3/h8H,4-7H2,1-3H3,(H2,12,13,14). The molecule has 1 aromatic heterocycles. The number of nitrogens with one attached hydrogen (secondary N) is 2. The van der Waals surface area contributed by atoms with E-state index in [0.29, 0.717) is 6.61 Å². The summed E-state index contributed by atoms with van der Waals surface area (Å²) in [5, 5.41) is 9.60. The minimum absolute atomic E-state index is 0.673. The van der Waals surface area contributed by atoms with E-state index >= 15 is 0 Å². The molecule has 1 rings (SSSR count). The van der Waals surface area contributed by atoms with Crippen molar-refractivity contribution in [2.45, 2.75) is 13.3 Å². The molecule has 0 aromatic carbocycles. The van der Waals surface area contributed by atoms with Gasteiger partial charge in [0.05, 0.1) is 17.3 Å². The fraction of sp³-hybridized carbons (Fsp3) is 0.636. The van der Waals surface area contributed by atoms with E-state index in [1.165, 1.54) is 0 Å². The molecule has 5 nitrogen and oxygen atoms in total. The van der Waals surface area contributed by atoms with E-state index in [1.54, 1.807) is 25.5 Å². The molecule has 0 aliphatic rings. The summed E-state index contributed by atoms with van der Waals surface area (Å²) in [5.41, 5.74) is 1.13. The third-order valence-corrected chi connectivity index (χ3v) is 2.98. The molecule has 1 heterocycles. The van der Waals surface area contributed by atoms with Gasteiger partial charge >= 0.3 is 0 Å². The van der Waals surface area contributed by atoms with Crippen LogP contribution in [0.25, 0.3) is 0 Å². The second-order valence-electron chi connectivity index (χ2n) is 3.53. The molecular weight excluding hydrogens is 236 g/mol. The average Bonchev–Trinajstić information content (AvgIpc) is 2.73. The molecule has 0 aliphatic heterocycles. The number of aliphatic imine (C=N–C) groups is 1. The number of rotatable bonds is 6. The molecule has 6 heteroatoms. The predicted molar refractivity (Wildman–Crippen MR) is 71.8 cm³/mol. The van der Waals surface area contributed by atoms with E-state index in [1.807, 2.05) is 6.92 Å². The highest BCUT2D eigenvalue weighted by Crippen LogP contribution is 2.07. The van der Waals surface area contributed by atoms with Gasteiger partial charge in [0.15, 0.2) is 5.96 Å². The molecule has 17 heavy (non-hydrogen) atoms. The number of ether oxygens (including phenoxy) is 1. The first kappa shape index (κ1) is 13.9. The number of methoxy groups -OCH3 is 1. The number of guanidine groups is 1. The van der Waals surface area contributed by atoms with Crippen molar-refractivity contribution in [3.05, 3.63) is 16.1 Å². The zero-order chi connectivity index (χ0) is 12.5. The van der Waals surface area contributed by atoms with Crippen molar-refractivity contribution in [1.82, 2.24) is 15.6 Å². The lowest BCUT2D eigenvalue weighted by molar-refractivity contribution is 0.203. The Bertz CT molecular complexity index is 351. The molecule has 96 valence electrons. The fourth-order valence-corrected chi connectivity index (χ4v) is 1.97. The van der Waals surface area contributed by atoms with E-state index in [4.69, 9.17) is 4.74 Å². The van der Waals surface area contributed by atoms with Crippen molar-refractivity contribution in [3.63, 3.8) is 0 Å². The Labute approximate surface area is 106 Å². The van der Waals surface area contributed by atoms with Crippen molar-refractivity contribution in [1.29, 1.82) is 0 Å². The lowest BCUT2D eigenvalue weighted by atomic mass is 10.3. The molecule has 0 aliphatic carbocycles. The van der Waals surface area contributed by atoms with Gasteiger partial charge in [0.2, 0.25) is 0 Å². The Hall–Kier alpha value is -1.14. The first-order chi connectivity index (χ1) is 8.26. The minimum Gasteiger partial charge on any atom is -0.383 e. The van der Waals surface area contributed by atoms with Crippen LogP contribution >= 0.6 is 11.3 Å². The molecule has 0 spiro atoms. The van der Waals surface area contributed by atoms with Crippen molar-refractivity contribution in [3.8, 4) is 0 Å². The van der Waals surface area contributed by atoms with Gasteiger partial charge in [-0.3, -0.25) is 4.99 Å². The van der Waals surface area contributed by atoms with Crippen LogP contribution in [-0.2, 0) is 11.2 Å². The number of hydrogen-bond donors (Lipinski definition) is 2. The molecule has 0 fully saturated rings. The predicted octanol–water partition coefficient (Wildman–Crippen LogP) is 0.805. The van der Waals surface area contributed by atoms with E-state index in [-0.39, 0.29) is 0 Å². The van der Waals surface area contributed by atoms with Gasteiger partial charge in [0.1, 0.15) is 0 Å². The lowest BCUT2D eigenvalue weighted by Gasteiger charge is -2.10. The van der Waals surface area contributed by atoms with E-state index in [2.05, 4.69) is 26.0 Å². The highest BCUT2D eigenvalue weighted by molar-refractivity contribution is 7.09. The van der Waals surface area contributed by atoms with Gasteiger partial charge in [-0.25, -0.2) is 4.98 Å². The fourth-order valence-electron chi connectivity index (χ4n) is 1.32. The minimum atomic E-state index is 0.673. The molecule has 0 unspecified atom stereocenters. The maximum atomic E-state index is 4.96. The SMILES string of the molecule is CN=C(NCCOC)NCCc1csc(C)n1. The summed E-state index contributed by atoms with van der Waals surface area (Å²) < 4.78 is 4.96. The molecule has 0 atom stereocenters. The van der Waals surface area contributed by atoms with Gasteiger partial charge in [0, 0.05) is 39.0 Å². The molecular formula is C11H20N4OS. The van der Waals surface area contributed by atoms with Crippen LogP contribution in [0.2, 0.25) is 0 Å². The Morgan fingerprint density at radius 1 is 1.47 bits per heavy atom. The van der Waals surface area contributed by atoms with Crippen LogP contribution in [0.3, 0.4) is 0 Å². The number of nitrogens with zero attached hydrogens (tertiary/aromatic N) is 2. The molecule has 0 saturated heterocycles. The first-order valence-corrected chi connectivity index (χ1v) is 6.48.